The summed E-state index contributed by atoms with van der Waals surface area (Å²) in [7, 11) is 1.85. The van der Waals surface area contributed by atoms with Crippen LogP contribution in [0.1, 0.15) is 31.4 Å². The van der Waals surface area contributed by atoms with Crippen molar-refractivity contribution < 1.29 is 18.9 Å². The van der Waals surface area contributed by atoms with E-state index in [1.54, 1.807) is 0 Å². The van der Waals surface area contributed by atoms with Gasteiger partial charge in [0.25, 0.3) is 0 Å². The number of likely N-dealkylation sites (N-methyl/N-ethyl adjacent to an activating group) is 1. The molecule has 1 saturated carbocycles. The largest absolute Gasteiger partial charge is 0.359 e. The minimum absolute atomic E-state index is 0.0298. The van der Waals surface area contributed by atoms with Crippen LogP contribution in [0.3, 0.4) is 0 Å². The van der Waals surface area contributed by atoms with Crippen LogP contribution in [0.25, 0.3) is 11.3 Å². The molecule has 0 bridgehead atoms. The number of aromatic nitrogens is 1. The van der Waals surface area contributed by atoms with E-state index in [-0.39, 0.29) is 30.6 Å². The smallest absolute Gasteiger partial charge is 0.318 e. The second-order valence-electron chi connectivity index (χ2n) is 9.21. The Bertz CT molecular complexity index is 992. The maximum Gasteiger partial charge on any atom is 0.318 e. The third-order valence-electron chi connectivity index (χ3n) is 6.48. The van der Waals surface area contributed by atoms with Crippen molar-refractivity contribution in [1.29, 1.82) is 0 Å². The molecule has 4 amide bonds. The van der Waals surface area contributed by atoms with Gasteiger partial charge in [0.15, 0.2) is 5.76 Å². The van der Waals surface area contributed by atoms with Crippen molar-refractivity contribution in [3.63, 3.8) is 0 Å². The average molecular weight is 469 g/mol. The van der Waals surface area contributed by atoms with E-state index in [9.17, 15) is 14.4 Å². The molecule has 1 aromatic heterocycles. The third-order valence-corrected chi connectivity index (χ3v) is 6.48. The van der Waals surface area contributed by atoms with Gasteiger partial charge in [-0.2, -0.15) is 0 Å². The number of nitrogens with one attached hydrogen (secondary N) is 4. The van der Waals surface area contributed by atoms with E-state index >= 15 is 0 Å². The number of hydrogen-bond donors (Lipinski definition) is 4. The van der Waals surface area contributed by atoms with Crippen LogP contribution < -0.4 is 21.3 Å². The third kappa shape index (κ3) is 5.74. The molecule has 2 aromatic rings. The SMILES string of the molecule is CNCC(CC1(CNC=O)CNC(=O)C1)N(C(=O)NCc1cc(-c2ccccc2)no1)C1CC1. The first-order valence-corrected chi connectivity index (χ1v) is 11.7. The molecule has 182 valence electrons. The topological polar surface area (TPSA) is 129 Å². The van der Waals surface area contributed by atoms with Crippen molar-refractivity contribution in [2.24, 2.45) is 5.41 Å². The molecule has 10 heteroatoms. The molecular weight excluding hydrogens is 436 g/mol. The van der Waals surface area contributed by atoms with Crippen molar-refractivity contribution in [2.45, 2.75) is 44.3 Å². The highest BCUT2D eigenvalue weighted by atomic mass is 16.5. The Morgan fingerprint density at radius 1 is 1.35 bits per heavy atom. The van der Waals surface area contributed by atoms with E-state index in [4.69, 9.17) is 4.52 Å². The van der Waals surface area contributed by atoms with Crippen molar-refractivity contribution in [1.82, 2.24) is 31.3 Å². The minimum atomic E-state index is -0.428. The highest BCUT2D eigenvalue weighted by Crippen LogP contribution is 2.36. The van der Waals surface area contributed by atoms with E-state index in [0.717, 1.165) is 24.1 Å². The molecule has 4 rings (SSSR count). The summed E-state index contributed by atoms with van der Waals surface area (Å²) in [4.78, 5) is 38.2. The fraction of sp³-hybridized carbons (Fsp3) is 0.500. The molecule has 1 saturated heterocycles. The van der Waals surface area contributed by atoms with Gasteiger partial charge in [-0.25, -0.2) is 4.79 Å². The lowest BCUT2D eigenvalue weighted by Crippen LogP contribution is -2.53. The number of amides is 4. The zero-order valence-corrected chi connectivity index (χ0v) is 19.4. The van der Waals surface area contributed by atoms with E-state index in [0.29, 0.717) is 44.6 Å². The van der Waals surface area contributed by atoms with Crippen LogP contribution in [0.15, 0.2) is 40.9 Å². The number of carbonyl (C=O) groups is 3. The summed E-state index contributed by atoms with van der Waals surface area (Å²) >= 11 is 0. The maximum absolute atomic E-state index is 13.3. The highest BCUT2D eigenvalue weighted by molar-refractivity contribution is 5.79. The molecule has 2 fully saturated rings. The van der Waals surface area contributed by atoms with Crippen molar-refractivity contribution in [2.75, 3.05) is 26.7 Å². The molecule has 4 N–H and O–H groups in total. The quantitative estimate of drug-likeness (QED) is 0.347. The lowest BCUT2D eigenvalue weighted by molar-refractivity contribution is -0.120. The second kappa shape index (κ2) is 10.7. The molecule has 2 aliphatic rings. The second-order valence-corrected chi connectivity index (χ2v) is 9.21. The number of rotatable bonds is 12. The van der Waals surface area contributed by atoms with Crippen LogP contribution in [0.2, 0.25) is 0 Å². The molecule has 2 heterocycles. The van der Waals surface area contributed by atoms with Crippen LogP contribution in [0.4, 0.5) is 4.79 Å². The van der Waals surface area contributed by atoms with E-state index < -0.39 is 5.41 Å². The summed E-state index contributed by atoms with van der Waals surface area (Å²) in [6, 6.07) is 11.4. The Morgan fingerprint density at radius 2 is 2.15 bits per heavy atom. The van der Waals surface area contributed by atoms with Gasteiger partial charge >= 0.3 is 6.03 Å². The van der Waals surface area contributed by atoms with Gasteiger partial charge in [-0.1, -0.05) is 35.5 Å². The molecule has 2 atom stereocenters. The molecule has 34 heavy (non-hydrogen) atoms. The number of nitrogens with zero attached hydrogens (tertiary/aromatic N) is 2. The summed E-state index contributed by atoms with van der Waals surface area (Å²) in [5, 5.41) is 15.9. The van der Waals surface area contributed by atoms with Crippen LogP contribution in [0, 0.1) is 5.41 Å². The zero-order valence-electron chi connectivity index (χ0n) is 19.4. The Hall–Kier alpha value is -3.40. The van der Waals surface area contributed by atoms with Gasteiger partial charge < -0.3 is 30.7 Å². The lowest BCUT2D eigenvalue weighted by Gasteiger charge is -2.38. The normalized spacial score (nSPS) is 20.4. The number of urea groups is 1. The lowest BCUT2D eigenvalue weighted by atomic mass is 9.80. The maximum atomic E-state index is 13.3. The van der Waals surface area contributed by atoms with Gasteiger partial charge in [-0.3, -0.25) is 9.59 Å². The fourth-order valence-corrected chi connectivity index (χ4v) is 4.73. The Balaban J connectivity index is 1.44. The molecule has 0 radical (unpaired) electrons. The van der Waals surface area contributed by atoms with Gasteiger partial charge in [0, 0.05) is 55.2 Å². The fourth-order valence-electron chi connectivity index (χ4n) is 4.73. The molecule has 1 aliphatic carbocycles. The Morgan fingerprint density at radius 3 is 2.79 bits per heavy atom. The Labute approximate surface area is 198 Å². The first-order valence-electron chi connectivity index (χ1n) is 11.7. The summed E-state index contributed by atoms with van der Waals surface area (Å²) in [6.07, 6.45) is 3.48. The summed E-state index contributed by atoms with van der Waals surface area (Å²) in [5.41, 5.74) is 1.24. The highest BCUT2D eigenvalue weighted by Gasteiger charge is 2.44. The molecule has 1 aromatic carbocycles. The molecule has 2 unspecified atom stereocenters. The zero-order chi connectivity index (χ0) is 24.0. The van der Waals surface area contributed by atoms with E-state index in [1.165, 1.54) is 0 Å². The molecule has 0 spiro atoms. The number of hydrogen-bond acceptors (Lipinski definition) is 6. The average Bonchev–Trinajstić information content (AvgIpc) is 3.43. The van der Waals surface area contributed by atoms with Gasteiger partial charge in [0.1, 0.15) is 5.69 Å². The predicted molar refractivity (Wildman–Crippen MR) is 125 cm³/mol. The van der Waals surface area contributed by atoms with Crippen LogP contribution in [-0.2, 0) is 16.1 Å². The van der Waals surface area contributed by atoms with Gasteiger partial charge in [-0.15, -0.1) is 0 Å². The van der Waals surface area contributed by atoms with Crippen molar-refractivity contribution in [3.8, 4) is 11.3 Å². The Kier molecular flexibility index (Phi) is 7.46. The molecule has 10 nitrogen and oxygen atoms in total. The first kappa shape index (κ1) is 23.7. The van der Waals surface area contributed by atoms with Crippen LogP contribution in [0.5, 0.6) is 0 Å². The van der Waals surface area contributed by atoms with Gasteiger partial charge in [-0.05, 0) is 26.3 Å². The first-order chi connectivity index (χ1) is 16.5. The van der Waals surface area contributed by atoms with E-state index in [1.807, 2.05) is 48.3 Å². The van der Waals surface area contributed by atoms with Gasteiger partial charge in [0.05, 0.1) is 6.54 Å². The molecular formula is C24H32N6O4. The standard InChI is InChI=1S/C24H32N6O4/c1-25-12-19(10-24(14-26-16-31)11-22(32)28-15-24)30(18-7-8-18)23(33)27-13-20-9-21(29-34-20)17-5-3-2-4-6-17/h2-6,9,16,18-19,25H,7-8,10-15H2,1H3,(H,26,31)(H,27,33)(H,28,32). The van der Waals surface area contributed by atoms with Crippen LogP contribution >= 0.6 is 0 Å². The number of benzene rings is 1. The number of carbonyl (C=O) groups excluding carboxylic acids is 3. The van der Waals surface area contributed by atoms with E-state index in [2.05, 4.69) is 26.4 Å². The summed E-state index contributed by atoms with van der Waals surface area (Å²) in [5.74, 6) is 0.545. The van der Waals surface area contributed by atoms with Crippen molar-refractivity contribution in [3.05, 3.63) is 42.2 Å². The minimum Gasteiger partial charge on any atom is -0.359 e. The molecule has 1 aliphatic heterocycles. The monoisotopic (exact) mass is 468 g/mol. The van der Waals surface area contributed by atoms with Crippen LogP contribution in [-0.4, -0.2) is 67.2 Å². The summed E-state index contributed by atoms with van der Waals surface area (Å²) < 4.78 is 5.43. The summed E-state index contributed by atoms with van der Waals surface area (Å²) in [6.45, 7) is 1.68. The van der Waals surface area contributed by atoms with Gasteiger partial charge in [0.2, 0.25) is 12.3 Å². The predicted octanol–water partition coefficient (Wildman–Crippen LogP) is 1.25. The van der Waals surface area contributed by atoms with Crippen molar-refractivity contribution >= 4 is 18.3 Å².